The van der Waals surface area contributed by atoms with E-state index in [4.69, 9.17) is 4.74 Å². The van der Waals surface area contributed by atoms with Gasteiger partial charge in [-0.15, -0.1) is 0 Å². The van der Waals surface area contributed by atoms with Crippen LogP contribution >= 0.6 is 0 Å². The lowest BCUT2D eigenvalue weighted by atomic mass is 10.1. The Kier molecular flexibility index (Phi) is 4.69. The minimum absolute atomic E-state index is 0.101. The van der Waals surface area contributed by atoms with Crippen LogP contribution in [0.15, 0.2) is 18.2 Å². The van der Waals surface area contributed by atoms with E-state index < -0.39 is 6.10 Å². The van der Waals surface area contributed by atoms with Crippen LogP contribution < -0.4 is 5.32 Å². The maximum Gasteiger partial charge on any atom is 0.126 e. The van der Waals surface area contributed by atoms with Gasteiger partial charge in [-0.25, -0.2) is 4.39 Å². The van der Waals surface area contributed by atoms with E-state index in [9.17, 15) is 9.50 Å². The fourth-order valence-electron chi connectivity index (χ4n) is 2.52. The molecule has 0 radical (unpaired) electrons. The molecule has 2 N–H and O–H groups in total. The highest BCUT2D eigenvalue weighted by Crippen LogP contribution is 2.32. The van der Waals surface area contributed by atoms with Crippen LogP contribution in [0.25, 0.3) is 0 Å². The van der Waals surface area contributed by atoms with Crippen LogP contribution in [0.5, 0.6) is 0 Å². The first kappa shape index (κ1) is 13.5. The van der Waals surface area contributed by atoms with Gasteiger partial charge in [-0.2, -0.15) is 0 Å². The quantitative estimate of drug-likeness (QED) is 0.812. The van der Waals surface area contributed by atoms with E-state index >= 15 is 0 Å². The third-order valence-electron chi connectivity index (χ3n) is 3.44. The maximum atomic E-state index is 13.5. The van der Waals surface area contributed by atoms with Gasteiger partial charge in [0.05, 0.1) is 12.7 Å². The van der Waals surface area contributed by atoms with Crippen LogP contribution in [-0.2, 0) is 11.2 Å². The van der Waals surface area contributed by atoms with Gasteiger partial charge in [0, 0.05) is 13.2 Å². The number of nitrogens with one attached hydrogen (secondary N) is 1. The van der Waals surface area contributed by atoms with Crippen LogP contribution in [0, 0.1) is 5.82 Å². The average molecular weight is 253 g/mol. The van der Waals surface area contributed by atoms with E-state index in [0.29, 0.717) is 19.6 Å². The molecule has 1 aliphatic rings. The van der Waals surface area contributed by atoms with Crippen LogP contribution in [0.4, 0.5) is 4.39 Å². The van der Waals surface area contributed by atoms with Crippen molar-refractivity contribution in [3.63, 3.8) is 0 Å². The highest BCUT2D eigenvalue weighted by molar-refractivity contribution is 5.35. The Morgan fingerprint density at radius 2 is 2.39 bits per heavy atom. The van der Waals surface area contributed by atoms with Gasteiger partial charge in [-0.05, 0) is 43.0 Å². The average Bonchev–Trinajstić information content (AvgIpc) is 2.75. The topological polar surface area (TPSA) is 41.5 Å². The van der Waals surface area contributed by atoms with Crippen molar-refractivity contribution in [3.05, 3.63) is 35.1 Å². The van der Waals surface area contributed by atoms with E-state index in [0.717, 1.165) is 24.0 Å². The summed E-state index contributed by atoms with van der Waals surface area (Å²) in [5.74, 6) is -0.101. The van der Waals surface area contributed by atoms with E-state index in [-0.39, 0.29) is 11.9 Å². The van der Waals surface area contributed by atoms with Crippen LogP contribution in [0.2, 0.25) is 0 Å². The predicted octanol–water partition coefficient (Wildman–Crippen LogP) is 1.80. The number of aliphatic hydroxyl groups is 1. The first-order valence-electron chi connectivity index (χ1n) is 6.40. The summed E-state index contributed by atoms with van der Waals surface area (Å²) < 4.78 is 18.4. The summed E-state index contributed by atoms with van der Waals surface area (Å²) in [6.45, 7) is 1.07. The van der Waals surface area contributed by atoms with Gasteiger partial charge in [-0.3, -0.25) is 0 Å². The number of methoxy groups -OCH3 is 1. The SMILES string of the molecule is COCC(O)CCNC1CCc2c(F)cccc21. The minimum atomic E-state index is -0.434. The molecule has 0 aromatic heterocycles. The lowest BCUT2D eigenvalue weighted by molar-refractivity contribution is 0.0590. The van der Waals surface area contributed by atoms with Gasteiger partial charge in [-0.1, -0.05) is 12.1 Å². The fourth-order valence-corrected chi connectivity index (χ4v) is 2.52. The molecule has 0 aliphatic heterocycles. The molecule has 0 saturated heterocycles. The molecule has 2 atom stereocenters. The van der Waals surface area contributed by atoms with E-state index in [1.807, 2.05) is 6.07 Å². The summed E-state index contributed by atoms with van der Waals surface area (Å²) in [6.07, 6.45) is 1.93. The molecule has 4 heteroatoms. The second-order valence-corrected chi connectivity index (χ2v) is 4.75. The number of hydrogen-bond acceptors (Lipinski definition) is 3. The Morgan fingerprint density at radius 1 is 1.56 bits per heavy atom. The summed E-state index contributed by atoms with van der Waals surface area (Å²) in [6, 6.07) is 5.47. The summed E-state index contributed by atoms with van der Waals surface area (Å²) in [5, 5.41) is 12.9. The zero-order chi connectivity index (χ0) is 13.0. The molecular formula is C14H20FNO2. The monoisotopic (exact) mass is 253 g/mol. The molecule has 0 heterocycles. The standard InChI is InChI=1S/C14H20FNO2/c1-18-9-10(17)7-8-16-14-6-5-11-12(14)3-2-4-13(11)15/h2-4,10,14,16-17H,5-9H2,1H3. The Bertz CT molecular complexity index is 397. The van der Waals surface area contributed by atoms with Gasteiger partial charge in [0.15, 0.2) is 0 Å². The number of ether oxygens (including phenoxy) is 1. The molecule has 3 nitrogen and oxygen atoms in total. The highest BCUT2D eigenvalue weighted by Gasteiger charge is 2.24. The number of benzene rings is 1. The van der Waals surface area contributed by atoms with E-state index in [1.54, 1.807) is 13.2 Å². The molecule has 100 valence electrons. The summed E-state index contributed by atoms with van der Waals surface area (Å²) in [4.78, 5) is 0. The molecule has 1 aromatic carbocycles. The Morgan fingerprint density at radius 3 is 3.17 bits per heavy atom. The van der Waals surface area contributed by atoms with Crippen molar-refractivity contribution in [2.24, 2.45) is 0 Å². The summed E-state index contributed by atoms with van der Waals surface area (Å²) in [5.41, 5.74) is 1.91. The number of halogens is 1. The first-order chi connectivity index (χ1) is 8.72. The summed E-state index contributed by atoms with van der Waals surface area (Å²) in [7, 11) is 1.58. The normalized spacial score (nSPS) is 19.8. The van der Waals surface area contributed by atoms with Gasteiger partial charge >= 0.3 is 0 Å². The third-order valence-corrected chi connectivity index (χ3v) is 3.44. The zero-order valence-corrected chi connectivity index (χ0v) is 10.7. The van der Waals surface area contributed by atoms with Crippen molar-refractivity contribution in [2.45, 2.75) is 31.4 Å². The molecule has 0 spiro atoms. The molecule has 1 aliphatic carbocycles. The Labute approximate surface area is 107 Å². The van der Waals surface area contributed by atoms with Gasteiger partial charge in [0.1, 0.15) is 5.82 Å². The second kappa shape index (κ2) is 6.27. The highest BCUT2D eigenvalue weighted by atomic mass is 19.1. The third kappa shape index (κ3) is 3.07. The van der Waals surface area contributed by atoms with Gasteiger partial charge < -0.3 is 15.2 Å². The Hall–Kier alpha value is -0.970. The van der Waals surface area contributed by atoms with Gasteiger partial charge in [0.2, 0.25) is 0 Å². The zero-order valence-electron chi connectivity index (χ0n) is 10.7. The van der Waals surface area contributed by atoms with Crippen molar-refractivity contribution < 1.29 is 14.2 Å². The molecular weight excluding hydrogens is 233 g/mol. The Balaban J connectivity index is 1.85. The second-order valence-electron chi connectivity index (χ2n) is 4.75. The van der Waals surface area contributed by atoms with E-state index in [1.165, 1.54) is 6.07 Å². The van der Waals surface area contributed by atoms with E-state index in [2.05, 4.69) is 5.32 Å². The molecule has 1 aromatic rings. The predicted molar refractivity (Wildman–Crippen MR) is 68.0 cm³/mol. The number of aliphatic hydroxyl groups excluding tert-OH is 1. The van der Waals surface area contributed by atoms with Crippen molar-refractivity contribution in [3.8, 4) is 0 Å². The largest absolute Gasteiger partial charge is 0.391 e. The van der Waals surface area contributed by atoms with Crippen molar-refractivity contribution in [1.29, 1.82) is 0 Å². The fraction of sp³-hybridized carbons (Fsp3) is 0.571. The van der Waals surface area contributed by atoms with Crippen LogP contribution in [0.3, 0.4) is 0 Å². The van der Waals surface area contributed by atoms with Crippen LogP contribution in [-0.4, -0.2) is 31.5 Å². The molecule has 0 amide bonds. The summed E-state index contributed by atoms with van der Waals surface area (Å²) >= 11 is 0. The molecule has 0 bridgehead atoms. The minimum Gasteiger partial charge on any atom is -0.391 e. The number of rotatable bonds is 6. The molecule has 0 fully saturated rings. The molecule has 2 unspecified atom stereocenters. The smallest absolute Gasteiger partial charge is 0.126 e. The van der Waals surface area contributed by atoms with Crippen molar-refractivity contribution in [2.75, 3.05) is 20.3 Å². The lowest BCUT2D eigenvalue weighted by Gasteiger charge is -2.15. The molecule has 0 saturated carbocycles. The maximum absolute atomic E-state index is 13.5. The lowest BCUT2D eigenvalue weighted by Crippen LogP contribution is -2.25. The van der Waals surface area contributed by atoms with Crippen LogP contribution in [0.1, 0.15) is 30.0 Å². The first-order valence-corrected chi connectivity index (χ1v) is 6.40. The van der Waals surface area contributed by atoms with Crippen molar-refractivity contribution >= 4 is 0 Å². The molecule has 2 rings (SSSR count). The van der Waals surface area contributed by atoms with Gasteiger partial charge in [0.25, 0.3) is 0 Å². The van der Waals surface area contributed by atoms with Crippen molar-refractivity contribution in [1.82, 2.24) is 5.32 Å². The molecule has 18 heavy (non-hydrogen) atoms. The number of fused-ring (bicyclic) bond motifs is 1. The number of hydrogen-bond donors (Lipinski definition) is 2.